The highest BCUT2D eigenvalue weighted by atomic mass is 79.9. The van der Waals surface area contributed by atoms with E-state index in [1.807, 2.05) is 30.3 Å². The van der Waals surface area contributed by atoms with E-state index < -0.39 is 15.9 Å². The van der Waals surface area contributed by atoms with Gasteiger partial charge in [-0.1, -0.05) is 46.3 Å². The number of benzene rings is 3. The SMILES string of the molecule is COc1ccc(Br)cc1C(=O)NC(=S)Nc1ccc(S(=O)(=O)NCc2ccccc2)cc1. The van der Waals surface area contributed by atoms with Gasteiger partial charge in [-0.05, 0) is 60.2 Å². The first-order valence-electron chi connectivity index (χ1n) is 9.38. The molecule has 0 aliphatic carbocycles. The summed E-state index contributed by atoms with van der Waals surface area (Å²) in [5.41, 5.74) is 1.70. The zero-order valence-electron chi connectivity index (χ0n) is 17.0. The van der Waals surface area contributed by atoms with Crippen LogP contribution in [0.5, 0.6) is 5.75 Å². The molecule has 3 aromatic carbocycles. The van der Waals surface area contributed by atoms with Crippen molar-refractivity contribution in [3.05, 3.63) is 88.4 Å². The van der Waals surface area contributed by atoms with E-state index >= 15 is 0 Å². The van der Waals surface area contributed by atoms with E-state index in [0.29, 0.717) is 17.0 Å². The number of sulfonamides is 1. The molecule has 3 aromatic rings. The van der Waals surface area contributed by atoms with Gasteiger partial charge in [0.25, 0.3) is 5.91 Å². The maximum atomic E-state index is 12.5. The molecule has 7 nitrogen and oxygen atoms in total. The Morgan fingerprint density at radius 3 is 2.38 bits per heavy atom. The maximum Gasteiger partial charge on any atom is 0.261 e. The molecule has 166 valence electrons. The van der Waals surface area contributed by atoms with Crippen molar-refractivity contribution in [2.75, 3.05) is 12.4 Å². The third-order valence-corrected chi connectivity index (χ3v) is 6.48. The van der Waals surface area contributed by atoms with Gasteiger partial charge in [-0.3, -0.25) is 10.1 Å². The van der Waals surface area contributed by atoms with Crippen LogP contribution in [0.2, 0.25) is 0 Å². The van der Waals surface area contributed by atoms with Crippen molar-refractivity contribution in [2.24, 2.45) is 0 Å². The molecule has 0 fully saturated rings. The summed E-state index contributed by atoms with van der Waals surface area (Å²) in [5.74, 6) is -0.0315. The number of thiocarbonyl (C=S) groups is 1. The van der Waals surface area contributed by atoms with Gasteiger partial charge in [0.2, 0.25) is 10.0 Å². The monoisotopic (exact) mass is 533 g/mol. The Hall–Kier alpha value is -2.79. The van der Waals surface area contributed by atoms with Crippen molar-refractivity contribution in [1.82, 2.24) is 10.0 Å². The maximum absolute atomic E-state index is 12.5. The average molecular weight is 534 g/mol. The molecule has 0 radical (unpaired) electrons. The average Bonchev–Trinajstić information content (AvgIpc) is 2.78. The first-order valence-corrected chi connectivity index (χ1v) is 12.1. The number of methoxy groups -OCH3 is 1. The lowest BCUT2D eigenvalue weighted by Gasteiger charge is -2.12. The number of carbonyl (C=O) groups excluding carboxylic acids is 1. The van der Waals surface area contributed by atoms with E-state index in [-0.39, 0.29) is 16.6 Å². The number of hydrogen-bond donors (Lipinski definition) is 3. The molecule has 1 amide bonds. The summed E-state index contributed by atoms with van der Waals surface area (Å²) in [5, 5.41) is 5.51. The zero-order chi connectivity index (χ0) is 23.1. The lowest BCUT2D eigenvalue weighted by molar-refractivity contribution is 0.0974. The molecule has 0 unspecified atom stereocenters. The number of amides is 1. The molecule has 32 heavy (non-hydrogen) atoms. The van der Waals surface area contributed by atoms with Crippen molar-refractivity contribution >= 4 is 54.9 Å². The van der Waals surface area contributed by atoms with Crippen molar-refractivity contribution < 1.29 is 17.9 Å². The molecule has 0 saturated heterocycles. The summed E-state index contributed by atoms with van der Waals surface area (Å²) < 4.78 is 33.5. The minimum absolute atomic E-state index is 0.0647. The van der Waals surface area contributed by atoms with Crippen LogP contribution in [0, 0.1) is 0 Å². The number of carbonyl (C=O) groups is 1. The van der Waals surface area contributed by atoms with Gasteiger partial charge >= 0.3 is 0 Å². The summed E-state index contributed by atoms with van der Waals surface area (Å²) in [4.78, 5) is 12.6. The summed E-state index contributed by atoms with van der Waals surface area (Å²) in [6.07, 6.45) is 0. The Labute approximate surface area is 200 Å². The van der Waals surface area contributed by atoms with E-state index in [9.17, 15) is 13.2 Å². The van der Waals surface area contributed by atoms with Crippen LogP contribution in [0.1, 0.15) is 15.9 Å². The van der Waals surface area contributed by atoms with Crippen LogP contribution in [-0.2, 0) is 16.6 Å². The number of nitrogens with one attached hydrogen (secondary N) is 3. The second-order valence-electron chi connectivity index (χ2n) is 6.59. The van der Waals surface area contributed by atoms with Crippen molar-refractivity contribution in [1.29, 1.82) is 0 Å². The predicted octanol–water partition coefficient (Wildman–Crippen LogP) is 4.06. The fourth-order valence-electron chi connectivity index (χ4n) is 2.77. The van der Waals surface area contributed by atoms with Crippen LogP contribution in [0.4, 0.5) is 5.69 Å². The van der Waals surface area contributed by atoms with Gasteiger partial charge in [0.15, 0.2) is 5.11 Å². The van der Waals surface area contributed by atoms with Gasteiger partial charge in [0, 0.05) is 16.7 Å². The molecular weight excluding hydrogens is 514 g/mol. The normalized spacial score (nSPS) is 10.9. The van der Waals surface area contributed by atoms with Crippen molar-refractivity contribution in [3.8, 4) is 5.75 Å². The van der Waals surface area contributed by atoms with E-state index in [2.05, 4.69) is 31.3 Å². The number of anilines is 1. The van der Waals surface area contributed by atoms with Gasteiger partial charge in [-0.2, -0.15) is 0 Å². The van der Waals surface area contributed by atoms with Crippen molar-refractivity contribution in [2.45, 2.75) is 11.4 Å². The molecule has 0 bridgehead atoms. The molecular formula is C22H20BrN3O4S2. The quantitative estimate of drug-likeness (QED) is 0.396. The van der Waals surface area contributed by atoms with Crippen LogP contribution < -0.4 is 20.1 Å². The summed E-state index contributed by atoms with van der Waals surface area (Å²) in [6, 6.07) is 20.3. The lowest BCUT2D eigenvalue weighted by atomic mass is 10.2. The highest BCUT2D eigenvalue weighted by Gasteiger charge is 2.16. The number of halogens is 1. The van der Waals surface area contributed by atoms with Gasteiger partial charge in [-0.25, -0.2) is 13.1 Å². The molecule has 0 aromatic heterocycles. The van der Waals surface area contributed by atoms with Gasteiger partial charge < -0.3 is 10.1 Å². The summed E-state index contributed by atoms with van der Waals surface area (Å²) in [7, 11) is -2.20. The smallest absolute Gasteiger partial charge is 0.261 e. The van der Waals surface area contributed by atoms with E-state index in [4.69, 9.17) is 17.0 Å². The minimum atomic E-state index is -3.67. The Bertz CT molecular complexity index is 1220. The lowest BCUT2D eigenvalue weighted by Crippen LogP contribution is -2.34. The fraction of sp³-hybridized carbons (Fsp3) is 0.0909. The van der Waals surface area contributed by atoms with Crippen LogP contribution in [-0.4, -0.2) is 26.5 Å². The first-order chi connectivity index (χ1) is 15.3. The van der Waals surface area contributed by atoms with E-state index in [0.717, 1.165) is 10.0 Å². The molecule has 0 aliphatic heterocycles. The van der Waals surface area contributed by atoms with Crippen molar-refractivity contribution in [3.63, 3.8) is 0 Å². The second kappa shape index (κ2) is 10.7. The molecule has 3 N–H and O–H groups in total. The third-order valence-electron chi connectivity index (χ3n) is 4.36. The largest absolute Gasteiger partial charge is 0.496 e. The predicted molar refractivity (Wildman–Crippen MR) is 131 cm³/mol. The second-order valence-corrected chi connectivity index (χ2v) is 9.68. The Balaban J connectivity index is 1.61. The molecule has 0 aliphatic rings. The van der Waals surface area contributed by atoms with Crippen LogP contribution >= 0.6 is 28.1 Å². The molecule has 0 heterocycles. The highest BCUT2D eigenvalue weighted by molar-refractivity contribution is 9.10. The van der Waals surface area contributed by atoms with Crippen LogP contribution in [0.15, 0.2) is 82.2 Å². The summed E-state index contributed by atoms with van der Waals surface area (Å²) >= 11 is 8.52. The first kappa shape index (κ1) is 23.9. The van der Waals surface area contributed by atoms with E-state index in [1.165, 1.54) is 19.2 Å². The number of ether oxygens (including phenoxy) is 1. The molecule has 0 spiro atoms. The van der Waals surface area contributed by atoms with E-state index in [1.54, 1.807) is 30.3 Å². The van der Waals surface area contributed by atoms with Gasteiger partial charge in [0.05, 0.1) is 17.6 Å². The Morgan fingerprint density at radius 2 is 1.72 bits per heavy atom. The molecule has 10 heteroatoms. The number of hydrogen-bond acceptors (Lipinski definition) is 5. The molecule has 0 atom stereocenters. The third kappa shape index (κ3) is 6.36. The minimum Gasteiger partial charge on any atom is -0.496 e. The Morgan fingerprint density at radius 1 is 1.03 bits per heavy atom. The van der Waals surface area contributed by atoms with Gasteiger partial charge in [0.1, 0.15) is 5.75 Å². The van der Waals surface area contributed by atoms with Gasteiger partial charge in [-0.15, -0.1) is 0 Å². The summed E-state index contributed by atoms with van der Waals surface area (Å²) in [6.45, 7) is 0.193. The molecule has 0 saturated carbocycles. The topological polar surface area (TPSA) is 96.5 Å². The highest BCUT2D eigenvalue weighted by Crippen LogP contribution is 2.23. The van der Waals surface area contributed by atoms with Crippen LogP contribution in [0.25, 0.3) is 0 Å². The standard InChI is InChI=1S/C22H20BrN3O4S2/c1-30-20-12-7-16(23)13-19(20)21(27)26-22(31)25-17-8-10-18(11-9-17)32(28,29)24-14-15-5-3-2-4-6-15/h2-13,24H,14H2,1H3,(H2,25,26,27,31). The molecule has 3 rings (SSSR count). The number of rotatable bonds is 7. The van der Waals surface area contributed by atoms with Crippen LogP contribution in [0.3, 0.4) is 0 Å². The zero-order valence-corrected chi connectivity index (χ0v) is 20.2. The fourth-order valence-corrected chi connectivity index (χ4v) is 4.35. The Kier molecular flexibility index (Phi) is 7.97.